The van der Waals surface area contributed by atoms with E-state index >= 15 is 0 Å². The summed E-state index contributed by atoms with van der Waals surface area (Å²) in [6.45, 7) is 2.73. The van der Waals surface area contributed by atoms with Crippen molar-refractivity contribution in [3.8, 4) is 0 Å². The fourth-order valence-electron chi connectivity index (χ4n) is 4.26. The first-order valence-electron chi connectivity index (χ1n) is 12.1. The van der Waals surface area contributed by atoms with Crippen LogP contribution in [0.15, 0.2) is 36.8 Å². The van der Waals surface area contributed by atoms with Crippen molar-refractivity contribution in [3.63, 3.8) is 0 Å². The van der Waals surface area contributed by atoms with Gasteiger partial charge in [0.25, 0.3) is 0 Å². The topological polar surface area (TPSA) is 118 Å². The minimum absolute atomic E-state index is 0.0499. The fraction of sp³-hybridized carbons (Fsp3) is 0.680. The molecule has 1 fully saturated rings. The minimum atomic E-state index is -0.576. The van der Waals surface area contributed by atoms with Crippen LogP contribution in [0.1, 0.15) is 70.4 Å². The van der Waals surface area contributed by atoms with Gasteiger partial charge in [-0.15, -0.1) is 0 Å². The average molecular weight is 448 g/mol. The lowest BCUT2D eigenvalue weighted by Gasteiger charge is -2.19. The van der Waals surface area contributed by atoms with E-state index in [2.05, 4.69) is 28.3 Å². The van der Waals surface area contributed by atoms with Crippen LogP contribution in [0.5, 0.6) is 0 Å². The van der Waals surface area contributed by atoms with Crippen molar-refractivity contribution in [1.29, 1.82) is 0 Å². The molecule has 1 saturated carbocycles. The van der Waals surface area contributed by atoms with Crippen LogP contribution >= 0.6 is 0 Å². The lowest BCUT2D eigenvalue weighted by molar-refractivity contribution is -0.121. The number of aliphatic hydroxyl groups excluding tert-OH is 3. The summed E-state index contributed by atoms with van der Waals surface area (Å²) >= 11 is 0. The van der Waals surface area contributed by atoms with Crippen LogP contribution in [0.3, 0.4) is 0 Å². The summed E-state index contributed by atoms with van der Waals surface area (Å²) in [5.74, 6) is -0.141. The lowest BCUT2D eigenvalue weighted by atomic mass is 9.89. The van der Waals surface area contributed by atoms with E-state index in [1.807, 2.05) is 12.2 Å². The Morgan fingerprint density at radius 2 is 2.12 bits per heavy atom. The zero-order valence-corrected chi connectivity index (χ0v) is 19.3. The third-order valence-corrected chi connectivity index (χ3v) is 6.20. The number of H-pyrrole nitrogens is 1. The van der Waals surface area contributed by atoms with Crippen molar-refractivity contribution in [2.24, 2.45) is 11.8 Å². The van der Waals surface area contributed by atoms with Gasteiger partial charge in [-0.3, -0.25) is 4.79 Å². The van der Waals surface area contributed by atoms with Gasteiger partial charge in [0, 0.05) is 43.6 Å². The molecule has 180 valence electrons. The van der Waals surface area contributed by atoms with Crippen molar-refractivity contribution in [1.82, 2.24) is 15.3 Å². The Labute approximate surface area is 192 Å². The van der Waals surface area contributed by atoms with Crippen LogP contribution in [0, 0.1) is 11.8 Å². The van der Waals surface area contributed by atoms with E-state index in [-0.39, 0.29) is 17.7 Å². The number of imidazole rings is 1. The number of carbonyl (C=O) groups is 1. The quantitative estimate of drug-likeness (QED) is 0.209. The Bertz CT molecular complexity index is 689. The minimum Gasteiger partial charge on any atom is -0.393 e. The third-order valence-electron chi connectivity index (χ3n) is 6.20. The number of amides is 1. The normalized spacial score (nSPS) is 24.5. The average Bonchev–Trinajstić information content (AvgIpc) is 3.37. The summed E-state index contributed by atoms with van der Waals surface area (Å²) in [5, 5.41) is 33.7. The molecule has 1 heterocycles. The smallest absolute Gasteiger partial charge is 0.220 e. The molecule has 7 nitrogen and oxygen atoms in total. The number of allylic oxidation sites excluding steroid dienone is 2. The van der Waals surface area contributed by atoms with Gasteiger partial charge in [0.2, 0.25) is 5.91 Å². The predicted molar refractivity (Wildman–Crippen MR) is 126 cm³/mol. The van der Waals surface area contributed by atoms with E-state index in [1.54, 1.807) is 18.6 Å². The SMILES string of the molecule is CCCCC[C@H](O)C=C[C@@H]1[C@@H](CC=CCCCC(=O)NCCc2cnc[nH]2)[C@@H](O)C[C@H]1O. The second-order valence-corrected chi connectivity index (χ2v) is 8.84. The van der Waals surface area contributed by atoms with E-state index in [1.165, 1.54) is 0 Å². The molecule has 32 heavy (non-hydrogen) atoms. The molecular formula is C25H41N3O4. The summed E-state index contributed by atoms with van der Waals surface area (Å²) in [6.07, 6.45) is 17.4. The van der Waals surface area contributed by atoms with Gasteiger partial charge in [0.1, 0.15) is 0 Å². The number of rotatable bonds is 15. The monoisotopic (exact) mass is 447 g/mol. The number of carbonyl (C=O) groups excluding carboxylic acids is 1. The van der Waals surface area contributed by atoms with Crippen molar-refractivity contribution in [3.05, 3.63) is 42.5 Å². The Morgan fingerprint density at radius 1 is 1.28 bits per heavy atom. The van der Waals surface area contributed by atoms with E-state index in [9.17, 15) is 20.1 Å². The highest BCUT2D eigenvalue weighted by Gasteiger charge is 2.39. The van der Waals surface area contributed by atoms with Gasteiger partial charge in [-0.05, 0) is 31.6 Å². The molecule has 0 saturated heterocycles. The maximum absolute atomic E-state index is 11.9. The molecule has 1 aromatic rings. The molecule has 0 radical (unpaired) electrons. The van der Waals surface area contributed by atoms with E-state index in [4.69, 9.17) is 0 Å². The fourth-order valence-corrected chi connectivity index (χ4v) is 4.26. The molecule has 0 spiro atoms. The predicted octanol–water partition coefficient (Wildman–Crippen LogP) is 3.04. The molecule has 0 bridgehead atoms. The molecule has 5 N–H and O–H groups in total. The van der Waals surface area contributed by atoms with Crippen molar-refractivity contribution in [2.75, 3.05) is 6.54 Å². The van der Waals surface area contributed by atoms with Gasteiger partial charge in [0.15, 0.2) is 0 Å². The van der Waals surface area contributed by atoms with Crippen molar-refractivity contribution >= 4 is 5.91 Å². The molecule has 2 rings (SSSR count). The van der Waals surface area contributed by atoms with Gasteiger partial charge in [-0.2, -0.15) is 0 Å². The Hall–Kier alpha value is -1.96. The van der Waals surface area contributed by atoms with E-state index < -0.39 is 18.3 Å². The largest absolute Gasteiger partial charge is 0.393 e. The van der Waals surface area contributed by atoms with Crippen LogP contribution in [-0.2, 0) is 11.2 Å². The van der Waals surface area contributed by atoms with Gasteiger partial charge >= 0.3 is 0 Å². The number of aromatic amines is 1. The summed E-state index contributed by atoms with van der Waals surface area (Å²) in [7, 11) is 0. The Morgan fingerprint density at radius 3 is 2.88 bits per heavy atom. The van der Waals surface area contributed by atoms with Gasteiger partial charge in [-0.1, -0.05) is 50.5 Å². The lowest BCUT2D eigenvalue weighted by Crippen LogP contribution is -2.25. The van der Waals surface area contributed by atoms with E-state index in [0.717, 1.165) is 50.6 Å². The highest BCUT2D eigenvalue weighted by Crippen LogP contribution is 2.36. The summed E-state index contributed by atoms with van der Waals surface area (Å²) in [6, 6.07) is 0. The summed E-state index contributed by atoms with van der Waals surface area (Å²) < 4.78 is 0. The number of nitrogens with zero attached hydrogens (tertiary/aromatic N) is 1. The van der Waals surface area contributed by atoms with Crippen LogP contribution < -0.4 is 5.32 Å². The molecule has 5 atom stereocenters. The molecular weight excluding hydrogens is 406 g/mol. The van der Waals surface area contributed by atoms with E-state index in [0.29, 0.717) is 25.8 Å². The second-order valence-electron chi connectivity index (χ2n) is 8.84. The zero-order valence-electron chi connectivity index (χ0n) is 19.3. The van der Waals surface area contributed by atoms with Crippen molar-refractivity contribution in [2.45, 2.75) is 89.4 Å². The standard InChI is InChI=1S/C25H41N3O4/c1-2-3-6-9-20(29)12-13-22-21(23(30)16-24(22)31)10-7-4-5-8-11-25(32)27-15-14-19-17-26-18-28-19/h4,7,12-13,17-18,20-24,29-31H,2-3,5-6,8-11,14-16H2,1H3,(H,26,28)(H,27,32)/t20-,21+,22+,23-,24+/m0/s1. The first-order valence-corrected chi connectivity index (χ1v) is 12.1. The van der Waals surface area contributed by atoms with Gasteiger partial charge < -0.3 is 25.6 Å². The molecule has 0 aliphatic heterocycles. The van der Waals surface area contributed by atoms with Crippen molar-refractivity contribution < 1.29 is 20.1 Å². The van der Waals surface area contributed by atoms with Crippen LogP contribution in [-0.4, -0.2) is 56.1 Å². The van der Waals surface area contributed by atoms with Gasteiger partial charge in [0.05, 0.1) is 24.6 Å². The highest BCUT2D eigenvalue weighted by molar-refractivity contribution is 5.75. The van der Waals surface area contributed by atoms with Crippen LogP contribution in [0.2, 0.25) is 0 Å². The molecule has 1 amide bonds. The first-order chi connectivity index (χ1) is 15.5. The molecule has 7 heteroatoms. The number of aliphatic hydroxyl groups is 3. The summed E-state index contributed by atoms with van der Waals surface area (Å²) in [4.78, 5) is 18.9. The van der Waals surface area contributed by atoms with Gasteiger partial charge in [-0.25, -0.2) is 4.98 Å². The number of unbranched alkanes of at least 4 members (excludes halogenated alkanes) is 3. The Kier molecular flexibility index (Phi) is 12.3. The number of nitrogens with one attached hydrogen (secondary N) is 2. The molecule has 0 aromatic carbocycles. The van der Waals surface area contributed by atoms with Crippen LogP contribution in [0.4, 0.5) is 0 Å². The number of hydrogen-bond acceptors (Lipinski definition) is 5. The maximum Gasteiger partial charge on any atom is 0.220 e. The van der Waals surface area contributed by atoms with Crippen LogP contribution in [0.25, 0.3) is 0 Å². The Balaban J connectivity index is 1.64. The number of aromatic nitrogens is 2. The molecule has 1 aromatic heterocycles. The third kappa shape index (κ3) is 9.67. The molecule has 0 unspecified atom stereocenters. The molecule has 1 aliphatic carbocycles. The maximum atomic E-state index is 11.9. The first kappa shape index (κ1) is 26.3. The molecule has 1 aliphatic rings. The zero-order chi connectivity index (χ0) is 23.2. The second kappa shape index (κ2) is 15.0. The number of hydrogen-bond donors (Lipinski definition) is 5. The highest BCUT2D eigenvalue weighted by atomic mass is 16.3. The summed E-state index contributed by atoms with van der Waals surface area (Å²) in [5.41, 5.74) is 1.01.